The maximum atomic E-state index is 13.6. The molecule has 2 unspecified atom stereocenters. The number of hydrogen-bond donors (Lipinski definition) is 2. The van der Waals surface area contributed by atoms with Gasteiger partial charge < -0.3 is 10.4 Å². The number of nitro benzene ring substituents is 1. The van der Waals surface area contributed by atoms with E-state index >= 15 is 0 Å². The Kier molecular flexibility index (Phi) is 4.85. The lowest BCUT2D eigenvalue weighted by Gasteiger charge is -2.25. The van der Waals surface area contributed by atoms with Gasteiger partial charge in [-0.05, 0) is 31.2 Å². The van der Waals surface area contributed by atoms with E-state index in [4.69, 9.17) is 0 Å². The molecule has 1 amide bonds. The minimum atomic E-state index is -0.790. The number of nitrogens with one attached hydrogen (secondary N) is 1. The number of nitrogens with zero attached hydrogens (tertiary/aromatic N) is 1. The number of carbonyl (C=O) groups is 1. The van der Waals surface area contributed by atoms with Gasteiger partial charge in [0.15, 0.2) is 0 Å². The molecule has 0 heterocycles. The normalized spacial score (nSPS) is 21.8. The van der Waals surface area contributed by atoms with Crippen molar-refractivity contribution < 1.29 is 19.2 Å². The molecule has 2 N–H and O–H groups in total. The van der Waals surface area contributed by atoms with Crippen molar-refractivity contribution in [3.05, 3.63) is 39.7 Å². The first-order chi connectivity index (χ1) is 9.97. The summed E-state index contributed by atoms with van der Waals surface area (Å²) < 4.78 is 13.6. The summed E-state index contributed by atoms with van der Waals surface area (Å²) in [6.45, 7) is 0.331. The van der Waals surface area contributed by atoms with Gasteiger partial charge in [-0.3, -0.25) is 14.9 Å². The van der Waals surface area contributed by atoms with Crippen molar-refractivity contribution in [1.29, 1.82) is 0 Å². The lowest BCUT2D eigenvalue weighted by Crippen LogP contribution is -2.33. The Morgan fingerprint density at radius 3 is 2.90 bits per heavy atom. The Morgan fingerprint density at radius 1 is 1.48 bits per heavy atom. The molecule has 1 aromatic carbocycles. The second-order valence-electron chi connectivity index (χ2n) is 5.32. The lowest BCUT2D eigenvalue weighted by atomic mass is 9.87. The molecule has 0 aliphatic heterocycles. The Balaban J connectivity index is 1.99. The summed E-state index contributed by atoms with van der Waals surface area (Å²) in [6, 6.07) is 2.86. The van der Waals surface area contributed by atoms with Gasteiger partial charge in [0.05, 0.1) is 16.6 Å². The van der Waals surface area contributed by atoms with Crippen LogP contribution in [-0.2, 0) is 0 Å². The molecule has 1 aliphatic carbocycles. The number of non-ortho nitro benzene ring substituents is 1. The van der Waals surface area contributed by atoms with Crippen LogP contribution < -0.4 is 5.32 Å². The number of nitro groups is 1. The van der Waals surface area contributed by atoms with E-state index in [0.717, 1.165) is 37.5 Å². The highest BCUT2D eigenvalue weighted by Gasteiger charge is 2.22. The predicted molar refractivity (Wildman–Crippen MR) is 73.4 cm³/mol. The Labute approximate surface area is 121 Å². The number of hydrogen-bond acceptors (Lipinski definition) is 4. The van der Waals surface area contributed by atoms with E-state index in [1.165, 1.54) is 0 Å². The van der Waals surface area contributed by atoms with Crippen molar-refractivity contribution in [1.82, 2.24) is 5.32 Å². The summed E-state index contributed by atoms with van der Waals surface area (Å²) >= 11 is 0. The zero-order valence-corrected chi connectivity index (χ0v) is 11.4. The molecular formula is C14H17FN2O4. The summed E-state index contributed by atoms with van der Waals surface area (Å²) in [5, 5.41) is 22.8. The number of aliphatic hydroxyl groups is 1. The standard InChI is InChI=1S/C14H17FN2O4/c15-13-5-4-10(17(20)21)7-12(13)14(19)16-8-9-2-1-3-11(18)6-9/h4-5,7,9,11,18H,1-3,6,8H2,(H,16,19). The summed E-state index contributed by atoms with van der Waals surface area (Å²) in [7, 11) is 0. The summed E-state index contributed by atoms with van der Waals surface area (Å²) in [5.41, 5.74) is -0.657. The maximum absolute atomic E-state index is 13.6. The molecule has 0 spiro atoms. The van der Waals surface area contributed by atoms with Crippen LogP contribution in [0.25, 0.3) is 0 Å². The topological polar surface area (TPSA) is 92.5 Å². The Bertz CT molecular complexity index is 550. The number of benzene rings is 1. The highest BCUT2D eigenvalue weighted by atomic mass is 19.1. The van der Waals surface area contributed by atoms with Crippen LogP contribution in [0.1, 0.15) is 36.0 Å². The lowest BCUT2D eigenvalue weighted by molar-refractivity contribution is -0.384. The third-order valence-corrected chi connectivity index (χ3v) is 3.71. The van der Waals surface area contributed by atoms with Crippen molar-refractivity contribution >= 4 is 11.6 Å². The molecule has 1 fully saturated rings. The fourth-order valence-corrected chi connectivity index (χ4v) is 2.58. The van der Waals surface area contributed by atoms with E-state index in [0.29, 0.717) is 13.0 Å². The predicted octanol–water partition coefficient (Wildman–Crippen LogP) is 2.01. The Morgan fingerprint density at radius 2 is 2.24 bits per heavy atom. The first-order valence-electron chi connectivity index (χ1n) is 6.87. The SMILES string of the molecule is O=C(NCC1CCCC(O)C1)c1cc([N+](=O)[O-])ccc1F. The third kappa shape index (κ3) is 3.98. The molecule has 7 heteroatoms. The highest BCUT2D eigenvalue weighted by Crippen LogP contribution is 2.23. The van der Waals surface area contributed by atoms with Crippen LogP contribution in [0.5, 0.6) is 0 Å². The molecule has 0 aromatic heterocycles. The van der Waals surface area contributed by atoms with E-state index < -0.39 is 16.6 Å². The number of aliphatic hydroxyl groups excluding tert-OH is 1. The van der Waals surface area contributed by atoms with Crippen molar-refractivity contribution in [2.45, 2.75) is 31.8 Å². The molecule has 0 bridgehead atoms. The largest absolute Gasteiger partial charge is 0.393 e. The zero-order valence-electron chi connectivity index (χ0n) is 11.4. The molecule has 6 nitrogen and oxygen atoms in total. The fourth-order valence-electron chi connectivity index (χ4n) is 2.58. The molecule has 0 radical (unpaired) electrons. The fraction of sp³-hybridized carbons (Fsp3) is 0.500. The number of amides is 1. The summed E-state index contributed by atoms with van der Waals surface area (Å²) in [5.74, 6) is -1.31. The molecule has 0 saturated heterocycles. The average molecular weight is 296 g/mol. The first-order valence-corrected chi connectivity index (χ1v) is 6.87. The zero-order chi connectivity index (χ0) is 15.4. The number of carbonyl (C=O) groups excluding carboxylic acids is 1. The van der Waals surface area contributed by atoms with Crippen molar-refractivity contribution in [3.63, 3.8) is 0 Å². The number of halogens is 1. The van der Waals surface area contributed by atoms with Crippen molar-refractivity contribution in [3.8, 4) is 0 Å². The van der Waals surface area contributed by atoms with Gasteiger partial charge >= 0.3 is 0 Å². The molecule has 1 aromatic rings. The molecule has 2 rings (SSSR count). The molecule has 1 saturated carbocycles. The van der Waals surface area contributed by atoms with Crippen LogP contribution in [-0.4, -0.2) is 28.6 Å². The van der Waals surface area contributed by atoms with Crippen LogP contribution in [0.15, 0.2) is 18.2 Å². The minimum Gasteiger partial charge on any atom is -0.393 e. The second-order valence-corrected chi connectivity index (χ2v) is 5.32. The molecule has 2 atom stereocenters. The third-order valence-electron chi connectivity index (χ3n) is 3.71. The van der Waals surface area contributed by atoms with Gasteiger partial charge in [-0.1, -0.05) is 6.42 Å². The quantitative estimate of drug-likeness (QED) is 0.656. The van der Waals surface area contributed by atoms with Gasteiger partial charge in [-0.15, -0.1) is 0 Å². The van der Waals surface area contributed by atoms with E-state index in [1.54, 1.807) is 0 Å². The van der Waals surface area contributed by atoms with E-state index in [2.05, 4.69) is 5.32 Å². The van der Waals surface area contributed by atoms with Gasteiger partial charge in [0.1, 0.15) is 5.82 Å². The van der Waals surface area contributed by atoms with E-state index in [9.17, 15) is 24.4 Å². The van der Waals surface area contributed by atoms with Crippen LogP contribution in [0.2, 0.25) is 0 Å². The van der Waals surface area contributed by atoms with Crippen molar-refractivity contribution in [2.24, 2.45) is 5.92 Å². The van der Waals surface area contributed by atoms with Crippen LogP contribution >= 0.6 is 0 Å². The average Bonchev–Trinajstić information content (AvgIpc) is 2.45. The van der Waals surface area contributed by atoms with Crippen molar-refractivity contribution in [2.75, 3.05) is 6.54 Å². The Hall–Kier alpha value is -2.02. The first kappa shape index (κ1) is 15.4. The number of rotatable bonds is 4. The van der Waals surface area contributed by atoms with E-state index in [-0.39, 0.29) is 23.3 Å². The van der Waals surface area contributed by atoms with Crippen LogP contribution in [0.4, 0.5) is 10.1 Å². The van der Waals surface area contributed by atoms with Gasteiger partial charge in [0.2, 0.25) is 0 Å². The van der Waals surface area contributed by atoms with Gasteiger partial charge in [0.25, 0.3) is 11.6 Å². The smallest absolute Gasteiger partial charge is 0.270 e. The van der Waals surface area contributed by atoms with Gasteiger partial charge in [0, 0.05) is 18.7 Å². The molecule has 1 aliphatic rings. The summed E-state index contributed by atoms with van der Waals surface area (Å²) in [4.78, 5) is 21.9. The van der Waals surface area contributed by atoms with Gasteiger partial charge in [-0.25, -0.2) is 4.39 Å². The maximum Gasteiger partial charge on any atom is 0.270 e. The van der Waals surface area contributed by atoms with Gasteiger partial charge in [-0.2, -0.15) is 0 Å². The minimum absolute atomic E-state index is 0.152. The monoisotopic (exact) mass is 296 g/mol. The van der Waals surface area contributed by atoms with E-state index in [1.807, 2.05) is 0 Å². The van der Waals surface area contributed by atoms with Crippen LogP contribution in [0.3, 0.4) is 0 Å². The summed E-state index contributed by atoms with van der Waals surface area (Å²) in [6.07, 6.45) is 2.82. The molecule has 21 heavy (non-hydrogen) atoms. The van der Waals surface area contributed by atoms with Crippen LogP contribution in [0, 0.1) is 21.8 Å². The second kappa shape index (κ2) is 6.62. The molecular weight excluding hydrogens is 279 g/mol. The highest BCUT2D eigenvalue weighted by molar-refractivity contribution is 5.95. The molecule has 114 valence electrons.